The van der Waals surface area contributed by atoms with Crippen LogP contribution in [0.5, 0.6) is 0 Å². The van der Waals surface area contributed by atoms with Crippen LogP contribution in [-0.4, -0.2) is 54.1 Å². The van der Waals surface area contributed by atoms with E-state index in [4.69, 9.17) is 11.6 Å². The monoisotopic (exact) mass is 396 g/mol. The van der Waals surface area contributed by atoms with Crippen LogP contribution in [0.2, 0.25) is 5.02 Å². The molecule has 0 atom stereocenters. The lowest BCUT2D eigenvalue weighted by Gasteiger charge is -2.34. The van der Waals surface area contributed by atoms with Gasteiger partial charge in [-0.15, -0.1) is 0 Å². The van der Waals surface area contributed by atoms with Crippen molar-refractivity contribution in [3.63, 3.8) is 0 Å². The van der Waals surface area contributed by atoms with Crippen LogP contribution >= 0.6 is 11.6 Å². The number of hydrogen-bond acceptors (Lipinski definition) is 4. The van der Waals surface area contributed by atoms with E-state index in [2.05, 4.69) is 16.1 Å². The number of benzene rings is 2. The molecule has 0 aromatic heterocycles. The number of nitrogens with zero attached hydrogens (tertiary/aromatic N) is 4. The highest BCUT2D eigenvalue weighted by molar-refractivity contribution is 6.30. The normalized spacial score (nSPS) is 17.7. The van der Waals surface area contributed by atoms with Crippen molar-refractivity contribution in [2.75, 3.05) is 37.7 Å². The summed E-state index contributed by atoms with van der Waals surface area (Å²) in [6.07, 6.45) is 1.00. The maximum Gasteiger partial charge on any atom is 0.253 e. The number of carbonyl (C=O) groups excluding carboxylic acids is 1. The number of piperazine rings is 1. The second kappa shape index (κ2) is 8.33. The van der Waals surface area contributed by atoms with Crippen LogP contribution in [0.15, 0.2) is 53.6 Å². The topological polar surface area (TPSA) is 39.2 Å². The summed E-state index contributed by atoms with van der Waals surface area (Å²) in [6.45, 7) is 7.06. The Morgan fingerprint density at radius 1 is 1.04 bits per heavy atom. The van der Waals surface area contributed by atoms with E-state index >= 15 is 0 Å². The maximum absolute atomic E-state index is 12.8. The highest BCUT2D eigenvalue weighted by Crippen LogP contribution is 2.21. The molecule has 2 aliphatic rings. The quantitative estimate of drug-likeness (QED) is 0.787. The number of halogens is 1. The molecule has 1 fully saturated rings. The van der Waals surface area contributed by atoms with Gasteiger partial charge in [0.15, 0.2) is 0 Å². The Labute approximate surface area is 171 Å². The SMILES string of the molecule is CC1=NN(c2ccc(C(=O)N3CCN(Cc4cccc(Cl)c4)CC3)cc2)CC1. The zero-order valence-corrected chi connectivity index (χ0v) is 16.9. The smallest absolute Gasteiger partial charge is 0.253 e. The Morgan fingerprint density at radius 2 is 1.79 bits per heavy atom. The van der Waals surface area contributed by atoms with E-state index < -0.39 is 0 Å². The third-order valence-electron chi connectivity index (χ3n) is 5.34. The summed E-state index contributed by atoms with van der Waals surface area (Å²) in [4.78, 5) is 17.2. The van der Waals surface area contributed by atoms with Crippen molar-refractivity contribution in [1.29, 1.82) is 0 Å². The maximum atomic E-state index is 12.8. The summed E-state index contributed by atoms with van der Waals surface area (Å²) in [5.41, 5.74) is 4.14. The third-order valence-corrected chi connectivity index (χ3v) is 5.58. The number of anilines is 1. The minimum atomic E-state index is 0.107. The summed E-state index contributed by atoms with van der Waals surface area (Å²) >= 11 is 6.07. The fraction of sp³-hybridized carbons (Fsp3) is 0.364. The van der Waals surface area contributed by atoms with Crippen LogP contribution in [-0.2, 0) is 6.54 Å². The second-order valence-corrected chi connectivity index (χ2v) is 7.89. The molecule has 6 heteroatoms. The molecule has 28 heavy (non-hydrogen) atoms. The van der Waals surface area contributed by atoms with Gasteiger partial charge in [0.2, 0.25) is 0 Å². The van der Waals surface area contributed by atoms with Gasteiger partial charge in [-0.25, -0.2) is 0 Å². The minimum Gasteiger partial charge on any atom is -0.336 e. The predicted octanol–water partition coefficient (Wildman–Crippen LogP) is 3.88. The molecule has 5 nitrogen and oxygen atoms in total. The van der Waals surface area contributed by atoms with Crippen LogP contribution < -0.4 is 5.01 Å². The molecule has 146 valence electrons. The van der Waals surface area contributed by atoms with Crippen molar-refractivity contribution < 1.29 is 4.79 Å². The fourth-order valence-electron chi connectivity index (χ4n) is 3.72. The molecule has 2 heterocycles. The van der Waals surface area contributed by atoms with Gasteiger partial charge in [0.1, 0.15) is 0 Å². The third kappa shape index (κ3) is 4.37. The molecular weight excluding hydrogens is 372 g/mol. The van der Waals surface area contributed by atoms with Gasteiger partial charge >= 0.3 is 0 Å². The highest BCUT2D eigenvalue weighted by atomic mass is 35.5. The molecule has 0 saturated carbocycles. The van der Waals surface area contributed by atoms with Crippen LogP contribution in [0.25, 0.3) is 0 Å². The Kier molecular flexibility index (Phi) is 5.64. The molecule has 2 aliphatic heterocycles. The first-order valence-corrected chi connectivity index (χ1v) is 10.1. The first-order valence-electron chi connectivity index (χ1n) is 9.76. The van der Waals surface area contributed by atoms with Gasteiger partial charge < -0.3 is 4.90 Å². The summed E-state index contributed by atoms with van der Waals surface area (Å²) in [7, 11) is 0. The lowest BCUT2D eigenvalue weighted by atomic mass is 10.1. The summed E-state index contributed by atoms with van der Waals surface area (Å²) in [5, 5.41) is 7.28. The van der Waals surface area contributed by atoms with Gasteiger partial charge in [-0.3, -0.25) is 14.7 Å². The average Bonchev–Trinajstić information content (AvgIpc) is 3.15. The average molecular weight is 397 g/mol. The van der Waals surface area contributed by atoms with E-state index in [1.807, 2.05) is 59.3 Å². The van der Waals surface area contributed by atoms with E-state index in [0.717, 1.165) is 67.7 Å². The first kappa shape index (κ1) is 19.0. The summed E-state index contributed by atoms with van der Waals surface area (Å²) < 4.78 is 0. The summed E-state index contributed by atoms with van der Waals surface area (Å²) in [6, 6.07) is 15.8. The van der Waals surface area contributed by atoms with E-state index in [0.29, 0.717) is 0 Å². The van der Waals surface area contributed by atoms with Crippen LogP contribution in [0.1, 0.15) is 29.3 Å². The summed E-state index contributed by atoms with van der Waals surface area (Å²) in [5.74, 6) is 0.107. The molecule has 1 saturated heterocycles. The van der Waals surface area contributed by atoms with E-state index in [-0.39, 0.29) is 5.91 Å². The predicted molar refractivity (Wildman–Crippen MR) is 114 cm³/mol. The van der Waals surface area contributed by atoms with Gasteiger partial charge in [-0.1, -0.05) is 23.7 Å². The minimum absolute atomic E-state index is 0.107. The van der Waals surface area contributed by atoms with Crippen molar-refractivity contribution in [2.24, 2.45) is 5.10 Å². The van der Waals surface area contributed by atoms with Gasteiger partial charge in [0.05, 0.1) is 5.69 Å². The molecule has 0 N–H and O–H groups in total. The fourth-order valence-corrected chi connectivity index (χ4v) is 3.93. The standard InChI is InChI=1S/C22H25ClN4O/c1-17-9-10-27(24-17)21-7-5-19(6-8-21)22(28)26-13-11-25(12-14-26)16-18-3-2-4-20(23)15-18/h2-8,15H,9-14,16H2,1H3. The molecule has 0 bridgehead atoms. The Balaban J connectivity index is 1.32. The van der Waals surface area contributed by atoms with Crippen molar-refractivity contribution >= 4 is 28.9 Å². The molecule has 0 unspecified atom stereocenters. The van der Waals surface area contributed by atoms with Crippen molar-refractivity contribution in [3.05, 3.63) is 64.7 Å². The Bertz CT molecular complexity index is 872. The number of carbonyl (C=O) groups is 1. The number of hydrazone groups is 1. The number of rotatable bonds is 4. The zero-order valence-electron chi connectivity index (χ0n) is 16.1. The van der Waals surface area contributed by atoms with Crippen LogP contribution in [0, 0.1) is 0 Å². The lowest BCUT2D eigenvalue weighted by Crippen LogP contribution is -2.48. The van der Waals surface area contributed by atoms with Crippen molar-refractivity contribution in [2.45, 2.75) is 19.9 Å². The molecule has 2 aromatic rings. The van der Waals surface area contributed by atoms with E-state index in [1.165, 1.54) is 5.56 Å². The number of amides is 1. The van der Waals surface area contributed by atoms with Gasteiger partial charge in [-0.05, 0) is 48.9 Å². The Morgan fingerprint density at radius 3 is 2.43 bits per heavy atom. The van der Waals surface area contributed by atoms with Gasteiger partial charge in [0.25, 0.3) is 5.91 Å². The first-order chi connectivity index (χ1) is 13.6. The van der Waals surface area contributed by atoms with E-state index in [1.54, 1.807) is 0 Å². The Hall–Kier alpha value is -2.37. The van der Waals surface area contributed by atoms with Crippen molar-refractivity contribution in [3.8, 4) is 0 Å². The van der Waals surface area contributed by atoms with Crippen LogP contribution in [0.4, 0.5) is 5.69 Å². The second-order valence-electron chi connectivity index (χ2n) is 7.45. The largest absolute Gasteiger partial charge is 0.336 e. The molecule has 4 rings (SSSR count). The number of hydrogen-bond donors (Lipinski definition) is 0. The lowest BCUT2D eigenvalue weighted by molar-refractivity contribution is 0.0628. The molecule has 0 spiro atoms. The van der Waals surface area contributed by atoms with Gasteiger partial charge in [0, 0.05) is 62.0 Å². The highest BCUT2D eigenvalue weighted by Gasteiger charge is 2.22. The van der Waals surface area contributed by atoms with Crippen molar-refractivity contribution in [1.82, 2.24) is 9.80 Å². The van der Waals surface area contributed by atoms with E-state index in [9.17, 15) is 4.79 Å². The molecule has 2 aromatic carbocycles. The molecular formula is C22H25ClN4O. The molecule has 1 amide bonds. The van der Waals surface area contributed by atoms with Gasteiger partial charge in [-0.2, -0.15) is 5.10 Å². The zero-order chi connectivity index (χ0) is 19.5. The molecule has 0 radical (unpaired) electrons. The van der Waals surface area contributed by atoms with Crippen LogP contribution in [0.3, 0.4) is 0 Å². The molecule has 0 aliphatic carbocycles.